The number of nitrogens with zero attached hydrogens (tertiary/aromatic N) is 4. The number of aryl methyl sites for hydroxylation is 1. The highest BCUT2D eigenvalue weighted by molar-refractivity contribution is 5.79. The van der Waals surface area contributed by atoms with Crippen LogP contribution in [-0.2, 0) is 23.1 Å². The molecule has 1 fully saturated rings. The van der Waals surface area contributed by atoms with E-state index in [4.69, 9.17) is 9.47 Å². The van der Waals surface area contributed by atoms with E-state index in [-0.39, 0.29) is 6.10 Å². The zero-order chi connectivity index (χ0) is 14.4. The summed E-state index contributed by atoms with van der Waals surface area (Å²) < 4.78 is 12.8. The molecule has 0 aromatic carbocycles. The lowest BCUT2D eigenvalue weighted by atomic mass is 10.3. The third-order valence-corrected chi connectivity index (χ3v) is 3.33. The molecule has 1 unspecified atom stereocenters. The quantitative estimate of drug-likeness (QED) is 0.614. The van der Waals surface area contributed by atoms with Gasteiger partial charge in [-0.15, -0.1) is 0 Å². The van der Waals surface area contributed by atoms with Crippen LogP contribution in [0.15, 0.2) is 17.4 Å². The van der Waals surface area contributed by atoms with E-state index in [1.807, 2.05) is 17.8 Å². The molecule has 2 heterocycles. The van der Waals surface area contributed by atoms with Crippen molar-refractivity contribution in [1.29, 1.82) is 0 Å². The summed E-state index contributed by atoms with van der Waals surface area (Å²) in [5.74, 6) is 1.85. The van der Waals surface area contributed by atoms with Crippen molar-refractivity contribution in [3.8, 4) is 0 Å². The van der Waals surface area contributed by atoms with Crippen molar-refractivity contribution in [3.05, 3.63) is 18.2 Å². The summed E-state index contributed by atoms with van der Waals surface area (Å²) >= 11 is 0. The van der Waals surface area contributed by atoms with Gasteiger partial charge in [0, 0.05) is 46.7 Å². The van der Waals surface area contributed by atoms with Crippen molar-refractivity contribution in [2.45, 2.75) is 12.6 Å². The molecule has 0 amide bonds. The fourth-order valence-corrected chi connectivity index (χ4v) is 2.26. The van der Waals surface area contributed by atoms with Crippen molar-refractivity contribution in [2.75, 3.05) is 40.5 Å². The number of hydrogen-bond acceptors (Lipinski definition) is 4. The zero-order valence-corrected chi connectivity index (χ0v) is 12.4. The SMILES string of the molecule is CN=C(NCc1nccn1C)N1CCOC(COC)C1. The van der Waals surface area contributed by atoms with Gasteiger partial charge in [0.1, 0.15) is 5.82 Å². The molecule has 1 saturated heterocycles. The highest BCUT2D eigenvalue weighted by Crippen LogP contribution is 2.06. The average molecular weight is 281 g/mol. The van der Waals surface area contributed by atoms with E-state index in [2.05, 4.69) is 20.2 Å². The highest BCUT2D eigenvalue weighted by Gasteiger charge is 2.22. The van der Waals surface area contributed by atoms with Gasteiger partial charge in [0.05, 0.1) is 25.9 Å². The number of methoxy groups -OCH3 is 1. The van der Waals surface area contributed by atoms with Crippen LogP contribution >= 0.6 is 0 Å². The Hall–Kier alpha value is -1.60. The second-order valence-electron chi connectivity index (χ2n) is 4.75. The second-order valence-corrected chi connectivity index (χ2v) is 4.75. The second kappa shape index (κ2) is 7.25. The number of rotatable bonds is 4. The van der Waals surface area contributed by atoms with Gasteiger partial charge < -0.3 is 24.3 Å². The smallest absolute Gasteiger partial charge is 0.194 e. The lowest BCUT2D eigenvalue weighted by molar-refractivity contribution is -0.0447. The molecule has 0 aliphatic carbocycles. The molecule has 0 bridgehead atoms. The Bertz CT molecular complexity index is 444. The van der Waals surface area contributed by atoms with Crippen LogP contribution in [0.2, 0.25) is 0 Å². The molecule has 1 aromatic rings. The molecular formula is C13H23N5O2. The van der Waals surface area contributed by atoms with Gasteiger partial charge in [-0.1, -0.05) is 0 Å². The molecule has 0 radical (unpaired) electrons. The predicted molar refractivity (Wildman–Crippen MR) is 76.6 cm³/mol. The molecule has 0 spiro atoms. The van der Waals surface area contributed by atoms with Crippen molar-refractivity contribution in [2.24, 2.45) is 12.0 Å². The average Bonchev–Trinajstić information content (AvgIpc) is 2.86. The molecule has 20 heavy (non-hydrogen) atoms. The minimum absolute atomic E-state index is 0.0976. The Morgan fingerprint density at radius 1 is 1.65 bits per heavy atom. The van der Waals surface area contributed by atoms with Crippen LogP contribution in [0.3, 0.4) is 0 Å². The summed E-state index contributed by atoms with van der Waals surface area (Å²) in [5.41, 5.74) is 0. The molecular weight excluding hydrogens is 258 g/mol. The van der Waals surface area contributed by atoms with Crippen LogP contribution in [0.4, 0.5) is 0 Å². The highest BCUT2D eigenvalue weighted by atomic mass is 16.5. The summed E-state index contributed by atoms with van der Waals surface area (Å²) in [4.78, 5) is 10.8. The summed E-state index contributed by atoms with van der Waals surface area (Å²) in [7, 11) is 5.47. The molecule has 1 aromatic heterocycles. The molecule has 1 N–H and O–H groups in total. The Balaban J connectivity index is 1.89. The zero-order valence-electron chi connectivity index (χ0n) is 12.4. The molecule has 2 rings (SSSR count). The van der Waals surface area contributed by atoms with E-state index in [9.17, 15) is 0 Å². The first-order valence-electron chi connectivity index (χ1n) is 6.77. The molecule has 7 nitrogen and oxygen atoms in total. The van der Waals surface area contributed by atoms with Crippen molar-refractivity contribution < 1.29 is 9.47 Å². The largest absolute Gasteiger partial charge is 0.382 e. The summed E-state index contributed by atoms with van der Waals surface area (Å²) in [6.07, 6.45) is 3.83. The van der Waals surface area contributed by atoms with Gasteiger partial charge in [-0.05, 0) is 0 Å². The van der Waals surface area contributed by atoms with E-state index in [0.29, 0.717) is 19.8 Å². The van der Waals surface area contributed by atoms with Crippen LogP contribution in [0.5, 0.6) is 0 Å². The van der Waals surface area contributed by atoms with Crippen molar-refractivity contribution in [3.63, 3.8) is 0 Å². The first-order valence-corrected chi connectivity index (χ1v) is 6.77. The normalized spacial score (nSPS) is 20.2. The van der Waals surface area contributed by atoms with Gasteiger partial charge in [-0.2, -0.15) is 0 Å². The molecule has 1 atom stereocenters. The minimum atomic E-state index is 0.0976. The fraction of sp³-hybridized carbons (Fsp3) is 0.692. The van der Waals surface area contributed by atoms with Gasteiger partial charge in [0.15, 0.2) is 5.96 Å². The number of ether oxygens (including phenoxy) is 2. The van der Waals surface area contributed by atoms with Gasteiger partial charge in [-0.3, -0.25) is 4.99 Å². The van der Waals surface area contributed by atoms with E-state index < -0.39 is 0 Å². The van der Waals surface area contributed by atoms with Gasteiger partial charge in [-0.25, -0.2) is 4.98 Å². The Morgan fingerprint density at radius 3 is 3.15 bits per heavy atom. The molecule has 112 valence electrons. The van der Waals surface area contributed by atoms with Gasteiger partial charge in [0.2, 0.25) is 0 Å². The predicted octanol–water partition coefficient (Wildman–Crippen LogP) is -0.157. The summed E-state index contributed by atoms with van der Waals surface area (Å²) in [6, 6.07) is 0. The number of aliphatic imine (C=N–C) groups is 1. The standard InChI is InChI=1S/C13H23N5O2/c1-14-13(16-8-12-15-4-5-17(12)2)18-6-7-20-11(9-18)10-19-3/h4-5,11H,6-10H2,1-3H3,(H,14,16). The Labute approximate surface area is 119 Å². The number of guanidine groups is 1. The fourth-order valence-electron chi connectivity index (χ4n) is 2.26. The van der Waals surface area contributed by atoms with E-state index in [0.717, 1.165) is 24.9 Å². The number of imidazole rings is 1. The van der Waals surface area contributed by atoms with Crippen molar-refractivity contribution in [1.82, 2.24) is 19.8 Å². The summed E-state index contributed by atoms with van der Waals surface area (Å²) in [6.45, 7) is 3.57. The van der Waals surface area contributed by atoms with E-state index in [1.54, 1.807) is 20.4 Å². The summed E-state index contributed by atoms with van der Waals surface area (Å²) in [5, 5.41) is 3.34. The lowest BCUT2D eigenvalue weighted by Gasteiger charge is -2.34. The topological polar surface area (TPSA) is 63.9 Å². The minimum Gasteiger partial charge on any atom is -0.382 e. The number of aromatic nitrogens is 2. The van der Waals surface area contributed by atoms with Crippen LogP contribution < -0.4 is 5.32 Å². The van der Waals surface area contributed by atoms with Gasteiger partial charge in [0.25, 0.3) is 0 Å². The molecule has 1 aliphatic heterocycles. The number of nitrogens with one attached hydrogen (secondary N) is 1. The first kappa shape index (κ1) is 14.8. The number of hydrogen-bond donors (Lipinski definition) is 1. The molecule has 0 saturated carbocycles. The maximum absolute atomic E-state index is 5.65. The number of morpholine rings is 1. The van der Waals surface area contributed by atoms with Crippen LogP contribution in [0.25, 0.3) is 0 Å². The first-order chi connectivity index (χ1) is 9.74. The van der Waals surface area contributed by atoms with Crippen molar-refractivity contribution >= 4 is 5.96 Å². The van der Waals surface area contributed by atoms with Crippen LogP contribution in [0, 0.1) is 0 Å². The third kappa shape index (κ3) is 3.71. The molecule has 7 heteroatoms. The Morgan fingerprint density at radius 2 is 2.50 bits per heavy atom. The van der Waals surface area contributed by atoms with E-state index >= 15 is 0 Å². The van der Waals surface area contributed by atoms with E-state index in [1.165, 1.54) is 0 Å². The third-order valence-electron chi connectivity index (χ3n) is 3.33. The monoisotopic (exact) mass is 281 g/mol. The van der Waals surface area contributed by atoms with Gasteiger partial charge >= 0.3 is 0 Å². The molecule has 1 aliphatic rings. The van der Waals surface area contributed by atoms with Crippen LogP contribution in [-0.4, -0.2) is 67.0 Å². The lowest BCUT2D eigenvalue weighted by Crippen LogP contribution is -2.51. The maximum atomic E-state index is 5.65. The van der Waals surface area contributed by atoms with Crippen LogP contribution in [0.1, 0.15) is 5.82 Å². The maximum Gasteiger partial charge on any atom is 0.194 e. The Kier molecular flexibility index (Phi) is 5.37.